The van der Waals surface area contributed by atoms with E-state index in [1.54, 1.807) is 6.08 Å². The van der Waals surface area contributed by atoms with E-state index < -0.39 is 32.3 Å². The number of aromatic nitrogens is 1. The van der Waals surface area contributed by atoms with E-state index in [1.807, 2.05) is 0 Å². The third-order valence-corrected chi connectivity index (χ3v) is 5.96. The van der Waals surface area contributed by atoms with Crippen molar-refractivity contribution in [1.82, 2.24) is 10.3 Å². The Balaban J connectivity index is 2.21. The Morgan fingerprint density at radius 1 is 1.24 bits per heavy atom. The third-order valence-electron chi connectivity index (χ3n) is 4.51. The fourth-order valence-electron chi connectivity index (χ4n) is 3.12. The number of aromatic amines is 1. The number of pyridine rings is 1. The molecule has 1 amide bonds. The molecule has 0 spiro atoms. The number of H-pyrrole nitrogens is 1. The van der Waals surface area contributed by atoms with Crippen LogP contribution in [0.25, 0.3) is 5.57 Å². The van der Waals surface area contributed by atoms with Gasteiger partial charge in [0.25, 0.3) is 12.0 Å². The van der Waals surface area contributed by atoms with Gasteiger partial charge in [-0.05, 0) is 30.2 Å². The predicted molar refractivity (Wildman–Crippen MR) is 105 cm³/mol. The van der Waals surface area contributed by atoms with Gasteiger partial charge in [-0.25, -0.2) is 17.2 Å². The summed E-state index contributed by atoms with van der Waals surface area (Å²) in [7, 11) is -3.94. The van der Waals surface area contributed by atoms with E-state index in [0.29, 0.717) is 29.7 Å². The van der Waals surface area contributed by atoms with Gasteiger partial charge in [0, 0.05) is 35.5 Å². The van der Waals surface area contributed by atoms with Gasteiger partial charge in [-0.2, -0.15) is 0 Å². The minimum absolute atomic E-state index is 0.0351. The molecule has 154 valence electrons. The summed E-state index contributed by atoms with van der Waals surface area (Å²) in [6, 6.07) is 6.09. The molecule has 29 heavy (non-hydrogen) atoms. The van der Waals surface area contributed by atoms with Gasteiger partial charge < -0.3 is 10.3 Å². The largest absolute Gasteiger partial charge is 0.350 e. The molecule has 1 aromatic carbocycles. The summed E-state index contributed by atoms with van der Waals surface area (Å²) in [4.78, 5) is 25.6. The number of alkyl halides is 2. The van der Waals surface area contributed by atoms with Crippen LogP contribution >= 0.6 is 11.6 Å². The topological polar surface area (TPSA) is 96.1 Å². The fourth-order valence-corrected chi connectivity index (χ4v) is 4.16. The molecule has 1 aliphatic rings. The maximum Gasteiger partial charge on any atom is 0.267 e. The van der Waals surface area contributed by atoms with Crippen LogP contribution in [0.3, 0.4) is 0 Å². The monoisotopic (exact) mass is 442 g/mol. The lowest BCUT2D eigenvalue weighted by Gasteiger charge is -2.15. The van der Waals surface area contributed by atoms with Gasteiger partial charge in [-0.15, -0.1) is 0 Å². The summed E-state index contributed by atoms with van der Waals surface area (Å²) >= 11 is 5.78. The molecule has 1 aromatic heterocycles. The van der Waals surface area contributed by atoms with Crippen molar-refractivity contribution in [2.75, 3.05) is 6.26 Å². The Hall–Kier alpha value is -2.52. The van der Waals surface area contributed by atoms with Crippen molar-refractivity contribution in [1.29, 1.82) is 0 Å². The van der Waals surface area contributed by atoms with E-state index in [1.165, 1.54) is 18.2 Å². The van der Waals surface area contributed by atoms with Crippen molar-refractivity contribution in [2.24, 2.45) is 0 Å². The van der Waals surface area contributed by atoms with Gasteiger partial charge in [-0.3, -0.25) is 9.59 Å². The molecule has 0 unspecified atom stereocenters. The summed E-state index contributed by atoms with van der Waals surface area (Å²) in [6.45, 7) is 0. The highest BCUT2D eigenvalue weighted by Gasteiger charge is 2.24. The molecule has 6 nitrogen and oxygen atoms in total. The second-order valence-corrected chi connectivity index (χ2v) is 9.06. The number of carbonyl (C=O) groups is 1. The Morgan fingerprint density at radius 3 is 2.52 bits per heavy atom. The first-order valence-electron chi connectivity index (χ1n) is 8.59. The number of hydrogen-bond acceptors (Lipinski definition) is 4. The first-order chi connectivity index (χ1) is 13.6. The maximum absolute atomic E-state index is 13.3. The Kier molecular flexibility index (Phi) is 5.90. The highest BCUT2D eigenvalue weighted by atomic mass is 35.5. The van der Waals surface area contributed by atoms with Gasteiger partial charge in [0.1, 0.15) is 5.02 Å². The van der Waals surface area contributed by atoms with Gasteiger partial charge in [0.05, 0.1) is 4.90 Å². The number of halogens is 3. The zero-order chi connectivity index (χ0) is 21.3. The molecule has 3 rings (SSSR count). The van der Waals surface area contributed by atoms with Crippen LogP contribution < -0.4 is 10.9 Å². The molecule has 10 heteroatoms. The number of sulfone groups is 1. The molecule has 1 aliphatic heterocycles. The Labute approximate surface area is 170 Å². The lowest BCUT2D eigenvalue weighted by Crippen LogP contribution is -2.23. The number of amides is 1. The molecule has 1 fully saturated rings. The van der Waals surface area contributed by atoms with Crippen LogP contribution in [0.2, 0.25) is 5.02 Å². The second kappa shape index (κ2) is 8.08. The molecule has 0 saturated carbocycles. The van der Waals surface area contributed by atoms with E-state index >= 15 is 0 Å². The van der Waals surface area contributed by atoms with E-state index in [0.717, 1.165) is 18.4 Å². The van der Waals surface area contributed by atoms with Crippen LogP contribution in [-0.2, 0) is 14.6 Å². The molecule has 2 N–H and O–H groups in total. The fraction of sp³-hybridized carbons (Fsp3) is 0.263. The van der Waals surface area contributed by atoms with Crippen molar-refractivity contribution >= 4 is 32.9 Å². The first kappa shape index (κ1) is 21.2. The molecule has 0 aliphatic carbocycles. The van der Waals surface area contributed by atoms with Crippen molar-refractivity contribution in [2.45, 2.75) is 30.2 Å². The quantitative estimate of drug-likeness (QED) is 0.743. The van der Waals surface area contributed by atoms with Crippen LogP contribution in [-0.4, -0.2) is 31.6 Å². The maximum atomic E-state index is 13.3. The molecule has 2 aromatic rings. The second-order valence-electron chi connectivity index (χ2n) is 6.67. The molecular weight excluding hydrogens is 426 g/mol. The van der Waals surface area contributed by atoms with Gasteiger partial charge in [0.2, 0.25) is 5.91 Å². The van der Waals surface area contributed by atoms with E-state index in [-0.39, 0.29) is 17.0 Å². The van der Waals surface area contributed by atoms with Crippen molar-refractivity contribution < 1.29 is 22.0 Å². The van der Waals surface area contributed by atoms with E-state index in [4.69, 9.17) is 11.6 Å². The summed E-state index contributed by atoms with van der Waals surface area (Å²) in [5.41, 5.74) is -0.164. The lowest BCUT2D eigenvalue weighted by atomic mass is 9.98. The number of benzene rings is 1. The normalized spacial score (nSPS) is 17.6. The lowest BCUT2D eigenvalue weighted by molar-refractivity contribution is -0.119. The molecular formula is C19H17ClF2N2O4S. The summed E-state index contributed by atoms with van der Waals surface area (Å²) in [5, 5.41) is 2.72. The van der Waals surface area contributed by atoms with Gasteiger partial charge >= 0.3 is 0 Å². The Morgan fingerprint density at radius 2 is 1.97 bits per heavy atom. The zero-order valence-electron chi connectivity index (χ0n) is 15.2. The summed E-state index contributed by atoms with van der Waals surface area (Å²) in [6.07, 6.45) is 0.375. The number of carbonyl (C=O) groups excluding carboxylic acids is 1. The molecule has 0 bridgehead atoms. The summed E-state index contributed by atoms with van der Waals surface area (Å²) < 4.78 is 50.7. The standard InChI is InChI=1S/C19H17ClF2N2O4S/c1-29(27,28)16-8-10(2-4-12(16)18(21)22)13(9-11-3-7-17(25)23-11)15-6-5-14(20)19(26)24-15/h2,4-6,8-9,11,18H,3,7H2,1H3,(H,23,25)(H,24,26)/t11-/m1/s1. The minimum Gasteiger partial charge on any atom is -0.350 e. The highest BCUT2D eigenvalue weighted by molar-refractivity contribution is 7.90. The number of nitrogens with one attached hydrogen (secondary N) is 2. The average Bonchev–Trinajstić information content (AvgIpc) is 3.06. The van der Waals surface area contributed by atoms with Crippen LogP contribution in [0.1, 0.15) is 36.1 Å². The third kappa shape index (κ3) is 4.73. The van der Waals surface area contributed by atoms with Crippen LogP contribution in [0, 0.1) is 0 Å². The van der Waals surface area contributed by atoms with Crippen molar-refractivity contribution in [3.8, 4) is 0 Å². The summed E-state index contributed by atoms with van der Waals surface area (Å²) in [5.74, 6) is -0.139. The molecule has 1 saturated heterocycles. The zero-order valence-corrected chi connectivity index (χ0v) is 16.8. The van der Waals surface area contributed by atoms with E-state index in [2.05, 4.69) is 10.3 Å². The SMILES string of the molecule is CS(=O)(=O)c1cc(C(=C[C@H]2CCC(=O)N2)c2ccc(Cl)c(=O)[nH]2)ccc1C(F)F. The number of hydrogen-bond donors (Lipinski definition) is 2. The van der Waals surface area contributed by atoms with Gasteiger partial charge in [0.15, 0.2) is 9.84 Å². The highest BCUT2D eigenvalue weighted by Crippen LogP contribution is 2.32. The van der Waals surface area contributed by atoms with Crippen LogP contribution in [0.5, 0.6) is 0 Å². The predicted octanol–water partition coefficient (Wildman–Crippen LogP) is 3.08. The molecule has 0 radical (unpaired) electrons. The molecule has 1 atom stereocenters. The number of rotatable bonds is 5. The van der Waals surface area contributed by atoms with Crippen molar-refractivity contribution in [3.63, 3.8) is 0 Å². The van der Waals surface area contributed by atoms with Crippen molar-refractivity contribution in [3.05, 3.63) is 68.6 Å². The molecule has 2 heterocycles. The smallest absolute Gasteiger partial charge is 0.267 e. The Bertz CT molecular complexity index is 1160. The van der Waals surface area contributed by atoms with Gasteiger partial charge in [-0.1, -0.05) is 29.8 Å². The van der Waals surface area contributed by atoms with Crippen LogP contribution in [0.4, 0.5) is 8.78 Å². The minimum atomic E-state index is -3.94. The first-order valence-corrected chi connectivity index (χ1v) is 10.9. The van der Waals surface area contributed by atoms with Crippen LogP contribution in [0.15, 0.2) is 46.1 Å². The average molecular weight is 443 g/mol. The van der Waals surface area contributed by atoms with E-state index in [9.17, 15) is 26.8 Å².